The lowest BCUT2D eigenvalue weighted by Crippen LogP contribution is -2.32. The van der Waals surface area contributed by atoms with E-state index in [4.69, 9.17) is 5.84 Å². The van der Waals surface area contributed by atoms with Gasteiger partial charge in [-0.2, -0.15) is 0 Å². The van der Waals surface area contributed by atoms with Gasteiger partial charge in [-0.1, -0.05) is 38.1 Å². The Labute approximate surface area is 116 Å². The summed E-state index contributed by atoms with van der Waals surface area (Å²) in [5, 5.41) is 1.17. The number of nitrogens with two attached hydrogens (primary N) is 1. The van der Waals surface area contributed by atoms with Crippen LogP contribution in [0.4, 0.5) is 0 Å². The minimum Gasteiger partial charge on any atom is -0.284 e. The Hall–Kier alpha value is -1.35. The fraction of sp³-hybridized carbons (Fsp3) is 0.562. The van der Waals surface area contributed by atoms with Crippen LogP contribution < -0.4 is 5.84 Å². The maximum atomic E-state index is 11.3. The van der Waals surface area contributed by atoms with Gasteiger partial charge in [0, 0.05) is 13.5 Å². The maximum absolute atomic E-state index is 11.3. The topological polar surface area (TPSA) is 46.3 Å². The predicted octanol–water partition coefficient (Wildman–Crippen LogP) is 3.25. The molecule has 0 saturated heterocycles. The van der Waals surface area contributed by atoms with Gasteiger partial charge >= 0.3 is 0 Å². The quantitative estimate of drug-likeness (QED) is 0.355. The zero-order chi connectivity index (χ0) is 14.3. The van der Waals surface area contributed by atoms with Crippen LogP contribution in [0.2, 0.25) is 0 Å². The molecule has 1 rings (SSSR count). The first-order valence-corrected chi connectivity index (χ1v) is 7.14. The molecule has 0 aliphatic rings. The second-order valence-electron chi connectivity index (χ2n) is 5.26. The monoisotopic (exact) mass is 262 g/mol. The molecular formula is C16H26N2O. The van der Waals surface area contributed by atoms with Crippen LogP contribution in [0.25, 0.3) is 0 Å². The average Bonchev–Trinajstić information content (AvgIpc) is 2.43. The molecule has 3 nitrogen and oxygen atoms in total. The molecule has 0 saturated carbocycles. The van der Waals surface area contributed by atoms with Crippen LogP contribution in [0, 0.1) is 0 Å². The van der Waals surface area contributed by atoms with E-state index in [0.717, 1.165) is 19.3 Å². The standard InChI is InChI=1S/C16H26N2O/c1-4-13(2)15-11-9-14(10-12-15)7-5-6-8-16(19)18(3)17/h9-13H,4-8,17H2,1-3H3. The normalized spacial score (nSPS) is 12.2. The van der Waals surface area contributed by atoms with Crippen LogP contribution in [0.5, 0.6) is 0 Å². The van der Waals surface area contributed by atoms with Crippen molar-refractivity contribution in [2.75, 3.05) is 7.05 Å². The number of hydrogen-bond donors (Lipinski definition) is 1. The third kappa shape index (κ3) is 5.43. The SMILES string of the molecule is CCC(C)c1ccc(CCCCC(=O)N(C)N)cc1. The highest BCUT2D eigenvalue weighted by atomic mass is 16.2. The Bertz CT molecular complexity index is 384. The Morgan fingerprint density at radius 3 is 2.42 bits per heavy atom. The first-order valence-electron chi connectivity index (χ1n) is 7.14. The molecule has 0 aliphatic carbocycles. The number of carbonyl (C=O) groups is 1. The van der Waals surface area contributed by atoms with Crippen LogP contribution >= 0.6 is 0 Å². The number of carbonyl (C=O) groups excluding carboxylic acids is 1. The summed E-state index contributed by atoms with van der Waals surface area (Å²) in [5.41, 5.74) is 2.76. The summed E-state index contributed by atoms with van der Waals surface area (Å²) in [4.78, 5) is 11.3. The minimum absolute atomic E-state index is 0.00659. The van der Waals surface area contributed by atoms with Crippen molar-refractivity contribution in [1.82, 2.24) is 5.01 Å². The summed E-state index contributed by atoms with van der Waals surface area (Å²) in [6.07, 6.45) is 4.67. The molecule has 19 heavy (non-hydrogen) atoms. The molecule has 0 bridgehead atoms. The van der Waals surface area contributed by atoms with Crippen LogP contribution in [0.1, 0.15) is 56.6 Å². The smallest absolute Gasteiger partial charge is 0.236 e. The molecule has 1 aromatic carbocycles. The van der Waals surface area contributed by atoms with Gasteiger partial charge in [0.1, 0.15) is 0 Å². The molecule has 0 fully saturated rings. The van der Waals surface area contributed by atoms with Crippen LogP contribution in [-0.4, -0.2) is 18.0 Å². The Morgan fingerprint density at radius 1 is 1.26 bits per heavy atom. The van der Waals surface area contributed by atoms with Gasteiger partial charge < -0.3 is 0 Å². The predicted molar refractivity (Wildman–Crippen MR) is 79.7 cm³/mol. The molecule has 0 aromatic heterocycles. The van der Waals surface area contributed by atoms with Gasteiger partial charge in [-0.3, -0.25) is 9.80 Å². The largest absolute Gasteiger partial charge is 0.284 e. The molecule has 1 aromatic rings. The van der Waals surface area contributed by atoms with Gasteiger partial charge in [-0.05, 0) is 42.7 Å². The summed E-state index contributed by atoms with van der Waals surface area (Å²) in [5.74, 6) is 6.01. The van der Waals surface area contributed by atoms with Crippen molar-refractivity contribution in [3.05, 3.63) is 35.4 Å². The Kier molecular flexibility index (Phi) is 6.57. The summed E-state index contributed by atoms with van der Waals surface area (Å²) in [7, 11) is 1.59. The summed E-state index contributed by atoms with van der Waals surface area (Å²) in [6, 6.07) is 8.86. The van der Waals surface area contributed by atoms with Crippen molar-refractivity contribution >= 4 is 5.91 Å². The third-order valence-corrected chi connectivity index (χ3v) is 3.66. The molecule has 0 heterocycles. The van der Waals surface area contributed by atoms with Crippen molar-refractivity contribution in [2.24, 2.45) is 5.84 Å². The number of benzene rings is 1. The summed E-state index contributed by atoms with van der Waals surface area (Å²) >= 11 is 0. The first-order chi connectivity index (χ1) is 9.04. The second kappa shape index (κ2) is 7.95. The van der Waals surface area contributed by atoms with Crippen molar-refractivity contribution < 1.29 is 4.79 Å². The van der Waals surface area contributed by atoms with Crippen molar-refractivity contribution in [1.29, 1.82) is 0 Å². The van der Waals surface area contributed by atoms with E-state index in [9.17, 15) is 4.79 Å². The number of nitrogens with zero attached hydrogens (tertiary/aromatic N) is 1. The van der Waals surface area contributed by atoms with Gasteiger partial charge in [0.05, 0.1) is 0 Å². The molecule has 0 radical (unpaired) electrons. The van der Waals surface area contributed by atoms with Gasteiger partial charge in [-0.15, -0.1) is 0 Å². The molecule has 0 aliphatic heterocycles. The molecule has 106 valence electrons. The van der Waals surface area contributed by atoms with E-state index in [0.29, 0.717) is 12.3 Å². The lowest BCUT2D eigenvalue weighted by Gasteiger charge is -2.10. The minimum atomic E-state index is 0.00659. The second-order valence-corrected chi connectivity index (χ2v) is 5.26. The summed E-state index contributed by atoms with van der Waals surface area (Å²) < 4.78 is 0. The van der Waals surface area contributed by atoms with E-state index < -0.39 is 0 Å². The van der Waals surface area contributed by atoms with E-state index in [1.165, 1.54) is 22.6 Å². The van der Waals surface area contributed by atoms with Gasteiger partial charge in [0.2, 0.25) is 5.91 Å². The molecule has 0 spiro atoms. The molecule has 1 atom stereocenters. The Balaban J connectivity index is 2.32. The summed E-state index contributed by atoms with van der Waals surface area (Å²) in [6.45, 7) is 4.47. The van der Waals surface area contributed by atoms with Crippen molar-refractivity contribution in [2.45, 2.75) is 51.9 Å². The van der Waals surface area contributed by atoms with Crippen molar-refractivity contribution in [3.8, 4) is 0 Å². The number of rotatable bonds is 7. The molecule has 1 amide bonds. The maximum Gasteiger partial charge on any atom is 0.236 e. The lowest BCUT2D eigenvalue weighted by atomic mass is 9.96. The number of hydrogen-bond acceptors (Lipinski definition) is 2. The van der Waals surface area contributed by atoms with Gasteiger partial charge in [0.25, 0.3) is 0 Å². The fourth-order valence-corrected chi connectivity index (χ4v) is 2.03. The van der Waals surface area contributed by atoms with E-state index in [-0.39, 0.29) is 5.91 Å². The number of amides is 1. The van der Waals surface area contributed by atoms with E-state index in [2.05, 4.69) is 38.1 Å². The van der Waals surface area contributed by atoms with Crippen LogP contribution in [-0.2, 0) is 11.2 Å². The Morgan fingerprint density at radius 2 is 1.89 bits per heavy atom. The number of aryl methyl sites for hydroxylation is 1. The van der Waals surface area contributed by atoms with Gasteiger partial charge in [-0.25, -0.2) is 5.84 Å². The lowest BCUT2D eigenvalue weighted by molar-refractivity contribution is -0.130. The zero-order valence-corrected chi connectivity index (χ0v) is 12.4. The fourth-order valence-electron chi connectivity index (χ4n) is 2.03. The highest BCUT2D eigenvalue weighted by Crippen LogP contribution is 2.19. The highest BCUT2D eigenvalue weighted by Gasteiger charge is 2.05. The van der Waals surface area contributed by atoms with E-state index in [1.807, 2.05) is 0 Å². The number of unbranched alkanes of at least 4 members (excludes halogenated alkanes) is 1. The van der Waals surface area contributed by atoms with E-state index >= 15 is 0 Å². The van der Waals surface area contributed by atoms with Crippen molar-refractivity contribution in [3.63, 3.8) is 0 Å². The average molecular weight is 262 g/mol. The first kappa shape index (κ1) is 15.7. The van der Waals surface area contributed by atoms with Crippen LogP contribution in [0.3, 0.4) is 0 Å². The molecule has 2 N–H and O–H groups in total. The van der Waals surface area contributed by atoms with Crippen LogP contribution in [0.15, 0.2) is 24.3 Å². The third-order valence-electron chi connectivity index (χ3n) is 3.66. The molecular weight excluding hydrogens is 236 g/mol. The molecule has 1 unspecified atom stereocenters. The number of hydrazine groups is 1. The van der Waals surface area contributed by atoms with Gasteiger partial charge in [0.15, 0.2) is 0 Å². The zero-order valence-electron chi connectivity index (χ0n) is 12.4. The van der Waals surface area contributed by atoms with E-state index in [1.54, 1.807) is 7.05 Å². The highest BCUT2D eigenvalue weighted by molar-refractivity contribution is 5.75. The molecule has 3 heteroatoms.